The van der Waals surface area contributed by atoms with Crippen molar-refractivity contribution in [3.8, 4) is 11.3 Å². The molecule has 92 valence electrons. The molecule has 1 heterocycles. The van der Waals surface area contributed by atoms with Crippen molar-refractivity contribution in [2.45, 2.75) is 0 Å². The number of hydrogen-bond donors (Lipinski definition) is 1. The van der Waals surface area contributed by atoms with E-state index in [0.29, 0.717) is 22.1 Å². The molecule has 0 spiro atoms. The fourth-order valence-electron chi connectivity index (χ4n) is 1.38. The summed E-state index contributed by atoms with van der Waals surface area (Å²) in [6.45, 7) is 3.96. The average molecular weight is 280 g/mol. The van der Waals surface area contributed by atoms with Crippen LogP contribution in [-0.2, 0) is 0 Å². The third-order valence-corrected chi connectivity index (χ3v) is 3.20. The zero-order chi connectivity index (χ0) is 13.0. The largest absolute Gasteiger partial charge is 0.348 e. The molecule has 1 amide bonds. The van der Waals surface area contributed by atoms with Gasteiger partial charge < -0.3 is 5.32 Å². The van der Waals surface area contributed by atoms with Gasteiger partial charge in [0.15, 0.2) is 0 Å². The topological polar surface area (TPSA) is 54.9 Å². The van der Waals surface area contributed by atoms with E-state index in [1.165, 1.54) is 0 Å². The Labute approximate surface area is 113 Å². The lowest BCUT2D eigenvalue weighted by Gasteiger charge is -2.02. The van der Waals surface area contributed by atoms with E-state index in [4.69, 9.17) is 11.6 Å². The molecule has 0 radical (unpaired) electrons. The highest BCUT2D eigenvalue weighted by molar-refractivity contribution is 7.08. The Hall–Kier alpha value is -1.72. The summed E-state index contributed by atoms with van der Waals surface area (Å²) in [7, 11) is 0. The summed E-state index contributed by atoms with van der Waals surface area (Å²) in [5, 5.41) is 7.33. The van der Waals surface area contributed by atoms with Gasteiger partial charge in [-0.2, -0.15) is 0 Å². The minimum absolute atomic E-state index is 0.199. The number of benzene rings is 1. The Balaban J connectivity index is 2.29. The van der Waals surface area contributed by atoms with Crippen LogP contribution in [0.5, 0.6) is 0 Å². The molecule has 0 saturated carbocycles. The van der Waals surface area contributed by atoms with Crippen molar-refractivity contribution in [2.75, 3.05) is 6.54 Å². The van der Waals surface area contributed by atoms with Crippen LogP contribution in [0.3, 0.4) is 0 Å². The molecule has 0 saturated heterocycles. The van der Waals surface area contributed by atoms with Crippen LogP contribution in [-0.4, -0.2) is 22.0 Å². The second kappa shape index (κ2) is 5.75. The van der Waals surface area contributed by atoms with Gasteiger partial charge in [0.25, 0.3) is 5.91 Å². The van der Waals surface area contributed by atoms with E-state index < -0.39 is 0 Å². The van der Waals surface area contributed by atoms with Crippen LogP contribution in [0.4, 0.5) is 0 Å². The molecule has 2 aromatic rings. The van der Waals surface area contributed by atoms with Gasteiger partial charge in [-0.1, -0.05) is 34.3 Å². The standard InChI is InChI=1S/C12H10ClN3OS/c1-2-7-14-12(17)11-10(15-16-18-11)8-3-5-9(13)6-4-8/h2-6H,1,7H2,(H,14,17). The van der Waals surface area contributed by atoms with Crippen LogP contribution in [0.25, 0.3) is 11.3 Å². The lowest BCUT2D eigenvalue weighted by Crippen LogP contribution is -2.22. The summed E-state index contributed by atoms with van der Waals surface area (Å²) >= 11 is 6.89. The van der Waals surface area contributed by atoms with Gasteiger partial charge in [-0.25, -0.2) is 0 Å². The van der Waals surface area contributed by atoms with Crippen molar-refractivity contribution >= 4 is 29.0 Å². The Morgan fingerprint density at radius 1 is 1.44 bits per heavy atom. The maximum atomic E-state index is 11.9. The van der Waals surface area contributed by atoms with E-state index in [-0.39, 0.29) is 5.91 Å². The summed E-state index contributed by atoms with van der Waals surface area (Å²) < 4.78 is 3.82. The fourth-order valence-corrected chi connectivity index (χ4v) is 2.11. The fraction of sp³-hybridized carbons (Fsp3) is 0.0833. The second-order valence-corrected chi connectivity index (χ2v) is 4.65. The molecule has 6 heteroatoms. The number of carbonyl (C=O) groups is 1. The smallest absolute Gasteiger partial charge is 0.265 e. The van der Waals surface area contributed by atoms with Crippen LogP contribution in [0, 0.1) is 0 Å². The lowest BCUT2D eigenvalue weighted by molar-refractivity contribution is 0.0962. The van der Waals surface area contributed by atoms with Crippen molar-refractivity contribution in [1.29, 1.82) is 0 Å². The maximum Gasteiger partial charge on any atom is 0.265 e. The number of halogens is 1. The Morgan fingerprint density at radius 2 is 2.17 bits per heavy atom. The molecule has 18 heavy (non-hydrogen) atoms. The van der Waals surface area contributed by atoms with E-state index in [0.717, 1.165) is 17.1 Å². The minimum Gasteiger partial charge on any atom is -0.348 e. The first-order chi connectivity index (χ1) is 8.72. The molecule has 2 rings (SSSR count). The summed E-state index contributed by atoms with van der Waals surface area (Å²) in [5.74, 6) is -0.199. The van der Waals surface area contributed by atoms with Crippen LogP contribution in [0.2, 0.25) is 5.02 Å². The first-order valence-electron chi connectivity index (χ1n) is 5.19. The molecule has 1 aromatic heterocycles. The number of nitrogens with zero attached hydrogens (tertiary/aromatic N) is 2. The summed E-state index contributed by atoms with van der Waals surface area (Å²) in [5.41, 5.74) is 1.38. The number of hydrogen-bond acceptors (Lipinski definition) is 4. The SMILES string of the molecule is C=CCNC(=O)c1snnc1-c1ccc(Cl)cc1. The van der Waals surface area contributed by atoms with Crippen LogP contribution in [0.1, 0.15) is 9.67 Å². The maximum absolute atomic E-state index is 11.9. The van der Waals surface area contributed by atoms with Crippen molar-refractivity contribution in [2.24, 2.45) is 0 Å². The molecule has 4 nitrogen and oxygen atoms in total. The van der Waals surface area contributed by atoms with E-state index >= 15 is 0 Å². The van der Waals surface area contributed by atoms with E-state index in [1.54, 1.807) is 18.2 Å². The molecule has 0 fully saturated rings. The number of nitrogens with one attached hydrogen (secondary N) is 1. The third-order valence-electron chi connectivity index (χ3n) is 2.22. The Kier molecular flexibility index (Phi) is 4.07. The van der Waals surface area contributed by atoms with Crippen molar-refractivity contribution < 1.29 is 4.79 Å². The highest BCUT2D eigenvalue weighted by atomic mass is 35.5. The molecule has 0 aliphatic heterocycles. The van der Waals surface area contributed by atoms with Crippen molar-refractivity contribution in [3.05, 3.63) is 46.8 Å². The number of amides is 1. The highest BCUT2D eigenvalue weighted by Crippen LogP contribution is 2.25. The van der Waals surface area contributed by atoms with E-state index in [2.05, 4.69) is 21.5 Å². The molecule has 0 aliphatic carbocycles. The molecule has 0 unspecified atom stereocenters. The lowest BCUT2D eigenvalue weighted by atomic mass is 10.1. The average Bonchev–Trinajstić information content (AvgIpc) is 2.86. The molecule has 0 atom stereocenters. The first kappa shape index (κ1) is 12.7. The molecular formula is C12H10ClN3OS. The Bertz CT molecular complexity index is 565. The van der Waals surface area contributed by atoms with Gasteiger partial charge in [0.2, 0.25) is 0 Å². The van der Waals surface area contributed by atoms with Crippen molar-refractivity contribution in [1.82, 2.24) is 14.9 Å². The zero-order valence-corrected chi connectivity index (χ0v) is 11.0. The summed E-state index contributed by atoms with van der Waals surface area (Å²) in [6.07, 6.45) is 1.62. The van der Waals surface area contributed by atoms with Crippen LogP contribution in [0.15, 0.2) is 36.9 Å². The van der Waals surface area contributed by atoms with Gasteiger partial charge in [-0.3, -0.25) is 4.79 Å². The predicted molar refractivity (Wildman–Crippen MR) is 72.9 cm³/mol. The number of carbonyl (C=O) groups excluding carboxylic acids is 1. The monoisotopic (exact) mass is 279 g/mol. The van der Waals surface area contributed by atoms with Gasteiger partial charge in [0.05, 0.1) is 0 Å². The van der Waals surface area contributed by atoms with E-state index in [9.17, 15) is 4.79 Å². The molecule has 1 N–H and O–H groups in total. The van der Waals surface area contributed by atoms with E-state index in [1.807, 2.05) is 12.1 Å². The predicted octanol–water partition coefficient (Wildman–Crippen LogP) is 2.77. The van der Waals surface area contributed by atoms with Gasteiger partial charge in [0.1, 0.15) is 10.6 Å². The van der Waals surface area contributed by atoms with Crippen molar-refractivity contribution in [3.63, 3.8) is 0 Å². The number of aromatic nitrogens is 2. The minimum atomic E-state index is -0.199. The van der Waals surface area contributed by atoms with Gasteiger partial charge >= 0.3 is 0 Å². The first-order valence-corrected chi connectivity index (χ1v) is 6.35. The molecule has 0 bridgehead atoms. The highest BCUT2D eigenvalue weighted by Gasteiger charge is 2.16. The Morgan fingerprint density at radius 3 is 2.83 bits per heavy atom. The van der Waals surface area contributed by atoms with Gasteiger partial charge in [-0.15, -0.1) is 11.7 Å². The van der Waals surface area contributed by atoms with Gasteiger partial charge in [-0.05, 0) is 23.7 Å². The molecular weight excluding hydrogens is 270 g/mol. The second-order valence-electron chi connectivity index (χ2n) is 3.46. The molecule has 1 aromatic carbocycles. The third kappa shape index (κ3) is 2.75. The summed E-state index contributed by atoms with van der Waals surface area (Å²) in [4.78, 5) is 12.4. The molecule has 0 aliphatic rings. The zero-order valence-electron chi connectivity index (χ0n) is 9.39. The van der Waals surface area contributed by atoms with Crippen LogP contribution < -0.4 is 5.32 Å². The van der Waals surface area contributed by atoms with Crippen LogP contribution >= 0.6 is 23.1 Å². The van der Waals surface area contributed by atoms with Gasteiger partial charge in [0, 0.05) is 17.1 Å². The number of rotatable bonds is 4. The summed E-state index contributed by atoms with van der Waals surface area (Å²) in [6, 6.07) is 7.12. The normalized spacial score (nSPS) is 10.1. The quantitative estimate of drug-likeness (QED) is 0.876.